The first-order valence-corrected chi connectivity index (χ1v) is 5.13. The standard InChI is InChI=1S/C11H14ClN/c1-8-6-9(7-13-8)10-4-2-3-5-11(10)12/h2-5,8-9,13H,6-7H2,1H3. The first-order valence-electron chi connectivity index (χ1n) is 4.75. The van der Waals surface area contributed by atoms with Gasteiger partial charge in [-0.3, -0.25) is 0 Å². The van der Waals surface area contributed by atoms with E-state index < -0.39 is 0 Å². The van der Waals surface area contributed by atoms with Crippen molar-refractivity contribution in [1.82, 2.24) is 5.32 Å². The first-order chi connectivity index (χ1) is 6.27. The van der Waals surface area contributed by atoms with Crippen LogP contribution in [-0.2, 0) is 0 Å². The van der Waals surface area contributed by atoms with Gasteiger partial charge in [0.1, 0.15) is 0 Å². The van der Waals surface area contributed by atoms with Gasteiger partial charge < -0.3 is 5.32 Å². The molecule has 1 aliphatic heterocycles. The maximum absolute atomic E-state index is 6.12. The number of hydrogen-bond donors (Lipinski definition) is 1. The minimum atomic E-state index is 0.601. The lowest BCUT2D eigenvalue weighted by atomic mass is 9.97. The lowest BCUT2D eigenvalue weighted by Gasteiger charge is -2.10. The van der Waals surface area contributed by atoms with Gasteiger partial charge in [-0.15, -0.1) is 0 Å². The lowest BCUT2D eigenvalue weighted by Crippen LogP contribution is -2.16. The van der Waals surface area contributed by atoms with E-state index in [0.717, 1.165) is 11.6 Å². The summed E-state index contributed by atoms with van der Waals surface area (Å²) in [5.74, 6) is 0.601. The Morgan fingerprint density at radius 1 is 1.38 bits per heavy atom. The third kappa shape index (κ3) is 1.87. The Morgan fingerprint density at radius 3 is 2.77 bits per heavy atom. The van der Waals surface area contributed by atoms with Crippen molar-refractivity contribution in [3.63, 3.8) is 0 Å². The number of rotatable bonds is 1. The maximum Gasteiger partial charge on any atom is 0.0441 e. The summed E-state index contributed by atoms with van der Waals surface area (Å²) >= 11 is 6.12. The fourth-order valence-corrected chi connectivity index (χ4v) is 2.27. The van der Waals surface area contributed by atoms with E-state index in [2.05, 4.69) is 24.4 Å². The molecule has 2 atom stereocenters. The van der Waals surface area contributed by atoms with Crippen LogP contribution in [0.2, 0.25) is 5.02 Å². The Hall–Kier alpha value is -0.530. The Labute approximate surface area is 84.1 Å². The van der Waals surface area contributed by atoms with Crippen molar-refractivity contribution < 1.29 is 0 Å². The fraction of sp³-hybridized carbons (Fsp3) is 0.455. The molecular weight excluding hydrogens is 182 g/mol. The highest BCUT2D eigenvalue weighted by atomic mass is 35.5. The highest BCUT2D eigenvalue weighted by molar-refractivity contribution is 6.31. The van der Waals surface area contributed by atoms with E-state index in [4.69, 9.17) is 11.6 Å². The molecule has 1 nitrogen and oxygen atoms in total. The number of hydrogen-bond acceptors (Lipinski definition) is 1. The Kier molecular flexibility index (Phi) is 2.56. The van der Waals surface area contributed by atoms with Crippen LogP contribution in [0, 0.1) is 0 Å². The highest BCUT2D eigenvalue weighted by Gasteiger charge is 2.23. The van der Waals surface area contributed by atoms with E-state index in [1.807, 2.05) is 12.1 Å². The van der Waals surface area contributed by atoms with Gasteiger partial charge in [0, 0.05) is 17.6 Å². The second kappa shape index (κ2) is 3.69. The van der Waals surface area contributed by atoms with E-state index in [1.54, 1.807) is 0 Å². The van der Waals surface area contributed by atoms with E-state index in [-0.39, 0.29) is 0 Å². The summed E-state index contributed by atoms with van der Waals surface area (Å²) in [7, 11) is 0. The van der Waals surface area contributed by atoms with Gasteiger partial charge in [0.2, 0.25) is 0 Å². The molecular formula is C11H14ClN. The minimum absolute atomic E-state index is 0.601. The molecule has 0 bridgehead atoms. The summed E-state index contributed by atoms with van der Waals surface area (Å²) in [5, 5.41) is 4.34. The molecule has 1 N–H and O–H groups in total. The van der Waals surface area contributed by atoms with Crippen LogP contribution in [0.3, 0.4) is 0 Å². The summed E-state index contributed by atoms with van der Waals surface area (Å²) in [6, 6.07) is 8.77. The van der Waals surface area contributed by atoms with Gasteiger partial charge >= 0.3 is 0 Å². The van der Waals surface area contributed by atoms with Crippen LogP contribution in [0.15, 0.2) is 24.3 Å². The maximum atomic E-state index is 6.12. The van der Waals surface area contributed by atoms with Crippen molar-refractivity contribution in [1.29, 1.82) is 0 Å². The Morgan fingerprint density at radius 2 is 2.15 bits per heavy atom. The van der Waals surface area contributed by atoms with Crippen molar-refractivity contribution in [3.05, 3.63) is 34.9 Å². The molecule has 1 heterocycles. The van der Waals surface area contributed by atoms with Crippen LogP contribution in [0.5, 0.6) is 0 Å². The Balaban J connectivity index is 2.21. The molecule has 1 saturated heterocycles. The average Bonchev–Trinajstić information content (AvgIpc) is 2.53. The molecule has 0 amide bonds. The van der Waals surface area contributed by atoms with Crippen molar-refractivity contribution in [2.24, 2.45) is 0 Å². The summed E-state index contributed by atoms with van der Waals surface area (Å²) in [5.41, 5.74) is 1.29. The van der Waals surface area contributed by atoms with Crippen molar-refractivity contribution in [3.8, 4) is 0 Å². The summed E-state index contributed by atoms with van der Waals surface area (Å²) < 4.78 is 0. The van der Waals surface area contributed by atoms with E-state index in [0.29, 0.717) is 12.0 Å². The second-order valence-corrected chi connectivity index (χ2v) is 4.17. The molecule has 1 aromatic carbocycles. The number of nitrogens with one attached hydrogen (secondary N) is 1. The zero-order valence-electron chi connectivity index (χ0n) is 7.76. The molecule has 2 rings (SSSR count). The molecule has 2 heteroatoms. The largest absolute Gasteiger partial charge is 0.314 e. The predicted octanol–water partition coefficient (Wildman–Crippen LogP) is 2.81. The zero-order chi connectivity index (χ0) is 9.26. The molecule has 0 aliphatic carbocycles. The van der Waals surface area contributed by atoms with Crippen molar-refractivity contribution in [2.45, 2.75) is 25.3 Å². The lowest BCUT2D eigenvalue weighted by molar-refractivity contribution is 0.658. The monoisotopic (exact) mass is 195 g/mol. The van der Waals surface area contributed by atoms with E-state index in [1.165, 1.54) is 12.0 Å². The number of halogens is 1. The molecule has 1 aliphatic rings. The van der Waals surface area contributed by atoms with Crippen LogP contribution < -0.4 is 5.32 Å². The van der Waals surface area contributed by atoms with Crippen LogP contribution >= 0.6 is 11.6 Å². The van der Waals surface area contributed by atoms with Crippen molar-refractivity contribution >= 4 is 11.6 Å². The third-order valence-electron chi connectivity index (χ3n) is 2.70. The Bertz CT molecular complexity index is 298. The molecule has 13 heavy (non-hydrogen) atoms. The highest BCUT2D eigenvalue weighted by Crippen LogP contribution is 2.30. The van der Waals surface area contributed by atoms with Crippen LogP contribution in [0.4, 0.5) is 0 Å². The molecule has 0 spiro atoms. The predicted molar refractivity (Wildman–Crippen MR) is 56.3 cm³/mol. The number of benzene rings is 1. The fourth-order valence-electron chi connectivity index (χ4n) is 1.98. The first kappa shape index (κ1) is 9.04. The third-order valence-corrected chi connectivity index (χ3v) is 3.04. The molecule has 70 valence electrons. The van der Waals surface area contributed by atoms with Gasteiger partial charge in [-0.05, 0) is 30.9 Å². The minimum Gasteiger partial charge on any atom is -0.314 e. The molecule has 0 aromatic heterocycles. The normalized spacial score (nSPS) is 27.8. The van der Waals surface area contributed by atoms with E-state index in [9.17, 15) is 0 Å². The average molecular weight is 196 g/mol. The van der Waals surface area contributed by atoms with Gasteiger partial charge in [0.05, 0.1) is 0 Å². The van der Waals surface area contributed by atoms with Gasteiger partial charge in [0.25, 0.3) is 0 Å². The van der Waals surface area contributed by atoms with E-state index >= 15 is 0 Å². The SMILES string of the molecule is CC1CC(c2ccccc2Cl)CN1. The summed E-state index contributed by atoms with van der Waals surface area (Å²) in [6.07, 6.45) is 1.20. The summed E-state index contributed by atoms with van der Waals surface area (Å²) in [6.45, 7) is 3.28. The molecule has 2 unspecified atom stereocenters. The van der Waals surface area contributed by atoms with Crippen LogP contribution in [0.1, 0.15) is 24.8 Å². The molecule has 0 radical (unpaired) electrons. The van der Waals surface area contributed by atoms with Gasteiger partial charge in [0.15, 0.2) is 0 Å². The second-order valence-electron chi connectivity index (χ2n) is 3.76. The van der Waals surface area contributed by atoms with Gasteiger partial charge in [-0.25, -0.2) is 0 Å². The molecule has 1 fully saturated rings. The van der Waals surface area contributed by atoms with Gasteiger partial charge in [-0.2, -0.15) is 0 Å². The van der Waals surface area contributed by atoms with Crippen LogP contribution in [0.25, 0.3) is 0 Å². The molecule has 0 saturated carbocycles. The van der Waals surface area contributed by atoms with Crippen LogP contribution in [-0.4, -0.2) is 12.6 Å². The topological polar surface area (TPSA) is 12.0 Å². The van der Waals surface area contributed by atoms with Gasteiger partial charge in [-0.1, -0.05) is 29.8 Å². The zero-order valence-corrected chi connectivity index (χ0v) is 8.51. The summed E-state index contributed by atoms with van der Waals surface area (Å²) in [4.78, 5) is 0. The quantitative estimate of drug-likeness (QED) is 0.727. The smallest absolute Gasteiger partial charge is 0.0441 e. The molecule has 1 aromatic rings. The van der Waals surface area contributed by atoms with Crippen molar-refractivity contribution in [2.75, 3.05) is 6.54 Å².